The number of fused-ring (bicyclic) bond motifs is 1. The molecule has 0 atom stereocenters. The summed E-state index contributed by atoms with van der Waals surface area (Å²) in [5.74, 6) is -0.351. The first-order valence-corrected chi connectivity index (χ1v) is 7.95. The molecule has 1 amide bonds. The lowest BCUT2D eigenvalue weighted by Crippen LogP contribution is -2.31. The molecule has 0 aromatic carbocycles. The molecular weight excluding hydrogens is 294 g/mol. The van der Waals surface area contributed by atoms with E-state index in [0.717, 1.165) is 12.1 Å². The van der Waals surface area contributed by atoms with E-state index in [1.807, 2.05) is 25.3 Å². The predicted molar refractivity (Wildman–Crippen MR) is 89.9 cm³/mol. The van der Waals surface area contributed by atoms with Crippen molar-refractivity contribution in [3.05, 3.63) is 39.8 Å². The minimum atomic E-state index is -0.351. The predicted octanol–water partition coefficient (Wildman–Crippen LogP) is 1.88. The molecule has 6 nitrogen and oxygen atoms in total. The Balaban J connectivity index is 2.27. The van der Waals surface area contributed by atoms with Gasteiger partial charge in [-0.15, -0.1) is 0 Å². The topological polar surface area (TPSA) is 73.2 Å². The molecular formula is C17H23N3O3. The molecule has 6 heteroatoms. The van der Waals surface area contributed by atoms with Crippen LogP contribution >= 0.6 is 0 Å². The molecule has 0 radical (unpaired) electrons. The van der Waals surface area contributed by atoms with Crippen molar-refractivity contribution < 1.29 is 9.53 Å². The summed E-state index contributed by atoms with van der Waals surface area (Å²) >= 11 is 0. The minimum Gasteiger partial charge on any atom is -0.382 e. The smallest absolute Gasteiger partial charge is 0.256 e. The summed E-state index contributed by atoms with van der Waals surface area (Å²) in [4.78, 5) is 29.3. The maximum atomic E-state index is 12.5. The van der Waals surface area contributed by atoms with Crippen LogP contribution in [0.1, 0.15) is 36.3 Å². The highest BCUT2D eigenvalue weighted by molar-refractivity contribution is 5.96. The zero-order chi connectivity index (χ0) is 16.8. The van der Waals surface area contributed by atoms with Gasteiger partial charge >= 0.3 is 0 Å². The van der Waals surface area contributed by atoms with Crippen LogP contribution in [0.2, 0.25) is 0 Å². The number of aryl methyl sites for hydroxylation is 2. The number of ether oxygens (including phenoxy) is 1. The Bertz CT molecular complexity index is 753. The van der Waals surface area contributed by atoms with Crippen LogP contribution in [0.15, 0.2) is 23.1 Å². The Morgan fingerprint density at radius 2 is 2.13 bits per heavy atom. The highest BCUT2D eigenvalue weighted by Gasteiger charge is 2.15. The lowest BCUT2D eigenvalue weighted by Gasteiger charge is -2.11. The third-order valence-electron chi connectivity index (χ3n) is 3.60. The van der Waals surface area contributed by atoms with Crippen LogP contribution in [0.25, 0.3) is 11.0 Å². The van der Waals surface area contributed by atoms with Crippen LogP contribution in [-0.2, 0) is 11.3 Å². The molecule has 0 fully saturated rings. The fraction of sp³-hybridized carbons (Fsp3) is 0.471. The zero-order valence-corrected chi connectivity index (χ0v) is 13.9. The van der Waals surface area contributed by atoms with Crippen LogP contribution in [0.4, 0.5) is 0 Å². The van der Waals surface area contributed by atoms with Gasteiger partial charge in [-0.05, 0) is 39.3 Å². The van der Waals surface area contributed by atoms with Gasteiger partial charge in [-0.25, -0.2) is 4.98 Å². The van der Waals surface area contributed by atoms with Crippen molar-refractivity contribution in [2.75, 3.05) is 19.8 Å². The first-order chi connectivity index (χ1) is 11.1. The fourth-order valence-electron chi connectivity index (χ4n) is 2.38. The zero-order valence-electron chi connectivity index (χ0n) is 13.9. The molecule has 2 aromatic heterocycles. The van der Waals surface area contributed by atoms with Crippen molar-refractivity contribution >= 4 is 16.9 Å². The summed E-state index contributed by atoms with van der Waals surface area (Å²) in [6, 6.07) is 3.52. The van der Waals surface area contributed by atoms with Crippen molar-refractivity contribution in [2.24, 2.45) is 0 Å². The standard InChI is InChI=1S/C17H23N3O3/c1-4-20-11-14(17(22)18-9-6-10-23-5-2)15(21)13-8-7-12(3)19-16(13)20/h7-8,11H,4-6,9-10H2,1-3H3,(H,18,22). The van der Waals surface area contributed by atoms with E-state index in [1.54, 1.807) is 18.3 Å². The maximum Gasteiger partial charge on any atom is 0.256 e. The summed E-state index contributed by atoms with van der Waals surface area (Å²) in [6.45, 7) is 8.13. The molecule has 0 spiro atoms. The molecule has 2 aromatic rings. The van der Waals surface area contributed by atoms with E-state index < -0.39 is 0 Å². The average molecular weight is 317 g/mol. The van der Waals surface area contributed by atoms with Gasteiger partial charge in [-0.3, -0.25) is 9.59 Å². The van der Waals surface area contributed by atoms with Crippen molar-refractivity contribution in [1.82, 2.24) is 14.9 Å². The number of rotatable bonds is 7. The van der Waals surface area contributed by atoms with Gasteiger partial charge in [0.05, 0.1) is 5.39 Å². The molecule has 0 aliphatic heterocycles. The van der Waals surface area contributed by atoms with Gasteiger partial charge in [0.25, 0.3) is 5.91 Å². The number of nitrogens with one attached hydrogen (secondary N) is 1. The molecule has 0 saturated carbocycles. The van der Waals surface area contributed by atoms with E-state index in [0.29, 0.717) is 37.3 Å². The van der Waals surface area contributed by atoms with Crippen LogP contribution < -0.4 is 10.7 Å². The van der Waals surface area contributed by atoms with Gasteiger partial charge in [0, 0.05) is 38.2 Å². The summed E-state index contributed by atoms with van der Waals surface area (Å²) in [5.41, 5.74) is 1.33. The summed E-state index contributed by atoms with van der Waals surface area (Å²) in [5, 5.41) is 3.25. The molecule has 0 unspecified atom stereocenters. The first kappa shape index (κ1) is 17.1. The van der Waals surface area contributed by atoms with Crippen molar-refractivity contribution in [3.8, 4) is 0 Å². The van der Waals surface area contributed by atoms with Crippen LogP contribution in [0, 0.1) is 6.92 Å². The van der Waals surface area contributed by atoms with Gasteiger partial charge in [0.1, 0.15) is 11.2 Å². The molecule has 0 bridgehead atoms. The van der Waals surface area contributed by atoms with Gasteiger partial charge in [0.2, 0.25) is 5.43 Å². The highest BCUT2D eigenvalue weighted by atomic mass is 16.5. The Morgan fingerprint density at radius 1 is 1.35 bits per heavy atom. The van der Waals surface area contributed by atoms with E-state index in [1.165, 1.54) is 0 Å². The fourth-order valence-corrected chi connectivity index (χ4v) is 2.38. The lowest BCUT2D eigenvalue weighted by atomic mass is 10.1. The maximum absolute atomic E-state index is 12.5. The second-order valence-corrected chi connectivity index (χ2v) is 5.29. The summed E-state index contributed by atoms with van der Waals surface area (Å²) in [7, 11) is 0. The lowest BCUT2D eigenvalue weighted by molar-refractivity contribution is 0.0942. The number of pyridine rings is 2. The molecule has 23 heavy (non-hydrogen) atoms. The van der Waals surface area contributed by atoms with Gasteiger partial charge in [0.15, 0.2) is 0 Å². The second kappa shape index (κ2) is 7.87. The monoisotopic (exact) mass is 317 g/mol. The number of hydrogen-bond acceptors (Lipinski definition) is 4. The van der Waals surface area contributed by atoms with Gasteiger partial charge in [-0.1, -0.05) is 0 Å². The minimum absolute atomic E-state index is 0.154. The Morgan fingerprint density at radius 3 is 2.83 bits per heavy atom. The van der Waals surface area contributed by atoms with Crippen molar-refractivity contribution in [3.63, 3.8) is 0 Å². The Hall–Kier alpha value is -2.21. The Labute approximate surface area is 135 Å². The van der Waals surface area contributed by atoms with E-state index in [2.05, 4.69) is 10.3 Å². The summed E-state index contributed by atoms with van der Waals surface area (Å²) < 4.78 is 7.06. The normalized spacial score (nSPS) is 10.9. The van der Waals surface area contributed by atoms with Crippen LogP contribution in [-0.4, -0.2) is 35.2 Å². The molecule has 2 heterocycles. The van der Waals surface area contributed by atoms with Crippen LogP contribution in [0.5, 0.6) is 0 Å². The third kappa shape index (κ3) is 3.96. The highest BCUT2D eigenvalue weighted by Crippen LogP contribution is 2.11. The number of amides is 1. The number of nitrogens with zero attached hydrogens (tertiary/aromatic N) is 2. The van der Waals surface area contributed by atoms with Gasteiger partial charge < -0.3 is 14.6 Å². The summed E-state index contributed by atoms with van der Waals surface area (Å²) in [6.07, 6.45) is 2.31. The first-order valence-electron chi connectivity index (χ1n) is 7.95. The van der Waals surface area contributed by atoms with E-state index in [4.69, 9.17) is 4.74 Å². The van der Waals surface area contributed by atoms with Crippen LogP contribution in [0.3, 0.4) is 0 Å². The largest absolute Gasteiger partial charge is 0.382 e. The van der Waals surface area contributed by atoms with E-state index in [9.17, 15) is 9.59 Å². The number of hydrogen-bond donors (Lipinski definition) is 1. The molecule has 0 aliphatic carbocycles. The van der Waals surface area contributed by atoms with Crippen molar-refractivity contribution in [1.29, 1.82) is 0 Å². The number of carbonyl (C=O) groups is 1. The third-order valence-corrected chi connectivity index (χ3v) is 3.60. The SMILES string of the molecule is CCOCCCNC(=O)c1cn(CC)c2nc(C)ccc2c1=O. The quantitative estimate of drug-likeness (QED) is 0.791. The van der Waals surface area contributed by atoms with E-state index in [-0.39, 0.29) is 16.9 Å². The molecule has 1 N–H and O–H groups in total. The molecule has 124 valence electrons. The molecule has 0 aliphatic rings. The number of carbonyl (C=O) groups excluding carboxylic acids is 1. The second-order valence-electron chi connectivity index (χ2n) is 5.29. The Kier molecular flexibility index (Phi) is 5.87. The van der Waals surface area contributed by atoms with Gasteiger partial charge in [-0.2, -0.15) is 0 Å². The molecule has 2 rings (SSSR count). The van der Waals surface area contributed by atoms with Crippen molar-refractivity contribution in [2.45, 2.75) is 33.7 Å². The number of aromatic nitrogens is 2. The average Bonchev–Trinajstić information content (AvgIpc) is 2.54. The van der Waals surface area contributed by atoms with E-state index >= 15 is 0 Å². The molecule has 0 saturated heterocycles.